The van der Waals surface area contributed by atoms with Crippen LogP contribution >= 0.6 is 0 Å². The van der Waals surface area contributed by atoms with E-state index in [1.165, 1.54) is 58.2 Å². The maximum atomic E-state index is 3.69. The number of hydrogen-bond donors (Lipinski definition) is 1. The predicted octanol–water partition coefficient (Wildman–Crippen LogP) is 3.28. The SMILES string of the molecule is CCN(C)CC1(CNC(C)C)CCCCCC1. The third-order valence-electron chi connectivity index (χ3n) is 4.19. The molecule has 0 aromatic carbocycles. The molecule has 0 unspecified atom stereocenters. The van der Waals surface area contributed by atoms with Gasteiger partial charge in [-0.25, -0.2) is 0 Å². The lowest BCUT2D eigenvalue weighted by Crippen LogP contribution is -2.44. The predicted molar refractivity (Wildman–Crippen MR) is 76.4 cm³/mol. The van der Waals surface area contributed by atoms with Crippen molar-refractivity contribution in [2.24, 2.45) is 5.41 Å². The maximum Gasteiger partial charge on any atom is 0.00470 e. The monoisotopic (exact) mass is 240 g/mol. The Kier molecular flexibility index (Phi) is 6.50. The van der Waals surface area contributed by atoms with E-state index < -0.39 is 0 Å². The molecule has 1 aliphatic carbocycles. The molecule has 0 spiro atoms. The van der Waals surface area contributed by atoms with Crippen molar-refractivity contribution >= 4 is 0 Å². The molecule has 0 bridgehead atoms. The molecule has 0 atom stereocenters. The number of nitrogens with one attached hydrogen (secondary N) is 1. The van der Waals surface area contributed by atoms with Gasteiger partial charge in [0.25, 0.3) is 0 Å². The molecule has 17 heavy (non-hydrogen) atoms. The van der Waals surface area contributed by atoms with Crippen molar-refractivity contribution in [2.45, 2.75) is 65.3 Å². The number of hydrogen-bond acceptors (Lipinski definition) is 2. The van der Waals surface area contributed by atoms with Crippen molar-refractivity contribution in [3.05, 3.63) is 0 Å². The van der Waals surface area contributed by atoms with Crippen LogP contribution in [0.5, 0.6) is 0 Å². The van der Waals surface area contributed by atoms with Crippen LogP contribution in [0.1, 0.15) is 59.3 Å². The normalized spacial score (nSPS) is 20.8. The fraction of sp³-hybridized carbons (Fsp3) is 1.00. The number of rotatable bonds is 6. The standard InChI is InChI=1S/C15H32N2/c1-5-17(4)13-15(12-16-14(2)3)10-8-6-7-9-11-15/h14,16H,5-13H2,1-4H3. The fourth-order valence-corrected chi connectivity index (χ4v) is 2.97. The van der Waals surface area contributed by atoms with Gasteiger partial charge in [0.05, 0.1) is 0 Å². The van der Waals surface area contributed by atoms with Crippen molar-refractivity contribution in [3.8, 4) is 0 Å². The van der Waals surface area contributed by atoms with E-state index in [0.29, 0.717) is 11.5 Å². The van der Waals surface area contributed by atoms with E-state index in [9.17, 15) is 0 Å². The van der Waals surface area contributed by atoms with Crippen molar-refractivity contribution < 1.29 is 0 Å². The molecule has 1 saturated carbocycles. The van der Waals surface area contributed by atoms with Crippen LogP contribution in [-0.2, 0) is 0 Å². The first kappa shape index (κ1) is 15.0. The molecular weight excluding hydrogens is 208 g/mol. The molecule has 0 amide bonds. The van der Waals surface area contributed by atoms with Crippen LogP contribution in [0, 0.1) is 5.41 Å². The van der Waals surface area contributed by atoms with E-state index >= 15 is 0 Å². The summed E-state index contributed by atoms with van der Waals surface area (Å²) in [5.74, 6) is 0. The molecule has 1 aliphatic rings. The Bertz CT molecular complexity index is 193. The first-order valence-electron chi connectivity index (χ1n) is 7.50. The zero-order chi connectivity index (χ0) is 12.7. The zero-order valence-corrected chi connectivity index (χ0v) is 12.4. The topological polar surface area (TPSA) is 15.3 Å². The summed E-state index contributed by atoms with van der Waals surface area (Å²) in [4.78, 5) is 2.49. The third-order valence-corrected chi connectivity index (χ3v) is 4.19. The van der Waals surface area contributed by atoms with E-state index in [-0.39, 0.29) is 0 Å². The van der Waals surface area contributed by atoms with Crippen molar-refractivity contribution in [1.82, 2.24) is 10.2 Å². The highest BCUT2D eigenvalue weighted by atomic mass is 15.1. The summed E-state index contributed by atoms with van der Waals surface area (Å²) in [7, 11) is 2.27. The molecular formula is C15H32N2. The van der Waals surface area contributed by atoms with Gasteiger partial charge in [0, 0.05) is 19.1 Å². The molecule has 0 aromatic heterocycles. The summed E-state index contributed by atoms with van der Waals surface area (Å²) in [6.45, 7) is 10.4. The van der Waals surface area contributed by atoms with E-state index in [4.69, 9.17) is 0 Å². The molecule has 0 aromatic rings. The first-order valence-corrected chi connectivity index (χ1v) is 7.50. The van der Waals surface area contributed by atoms with Gasteiger partial charge in [0.2, 0.25) is 0 Å². The minimum atomic E-state index is 0.533. The average Bonchev–Trinajstić information content (AvgIpc) is 2.53. The van der Waals surface area contributed by atoms with Crippen LogP contribution in [0.25, 0.3) is 0 Å². The molecule has 0 radical (unpaired) electrons. The second kappa shape index (κ2) is 7.38. The van der Waals surface area contributed by atoms with Gasteiger partial charge in [-0.1, -0.05) is 46.5 Å². The second-order valence-electron chi connectivity index (χ2n) is 6.28. The molecule has 2 heteroatoms. The summed E-state index contributed by atoms with van der Waals surface area (Å²) in [5, 5.41) is 3.69. The van der Waals surface area contributed by atoms with E-state index in [0.717, 1.165) is 0 Å². The minimum Gasteiger partial charge on any atom is -0.314 e. The van der Waals surface area contributed by atoms with E-state index in [1.54, 1.807) is 0 Å². The molecule has 102 valence electrons. The first-order chi connectivity index (χ1) is 8.08. The van der Waals surface area contributed by atoms with Crippen LogP contribution in [0.15, 0.2) is 0 Å². The Morgan fingerprint density at radius 2 is 1.71 bits per heavy atom. The number of nitrogens with zero attached hydrogens (tertiary/aromatic N) is 1. The van der Waals surface area contributed by atoms with Crippen molar-refractivity contribution in [3.63, 3.8) is 0 Å². The molecule has 1 rings (SSSR count). The van der Waals surface area contributed by atoms with Gasteiger partial charge < -0.3 is 10.2 Å². The van der Waals surface area contributed by atoms with Gasteiger partial charge in [-0.15, -0.1) is 0 Å². The Morgan fingerprint density at radius 3 is 2.18 bits per heavy atom. The lowest BCUT2D eigenvalue weighted by molar-refractivity contribution is 0.147. The van der Waals surface area contributed by atoms with Gasteiger partial charge in [-0.3, -0.25) is 0 Å². The van der Waals surface area contributed by atoms with Gasteiger partial charge in [0.1, 0.15) is 0 Å². The van der Waals surface area contributed by atoms with Crippen LogP contribution in [0.4, 0.5) is 0 Å². The average molecular weight is 240 g/mol. The van der Waals surface area contributed by atoms with Gasteiger partial charge >= 0.3 is 0 Å². The van der Waals surface area contributed by atoms with Gasteiger partial charge in [-0.2, -0.15) is 0 Å². The van der Waals surface area contributed by atoms with Crippen LogP contribution in [0.3, 0.4) is 0 Å². The molecule has 1 fully saturated rings. The molecule has 0 aliphatic heterocycles. The summed E-state index contributed by atoms with van der Waals surface area (Å²) < 4.78 is 0. The summed E-state index contributed by atoms with van der Waals surface area (Å²) in [5.41, 5.74) is 0.533. The summed E-state index contributed by atoms with van der Waals surface area (Å²) in [6.07, 6.45) is 8.57. The quantitative estimate of drug-likeness (QED) is 0.717. The van der Waals surface area contributed by atoms with Crippen LogP contribution < -0.4 is 5.32 Å². The van der Waals surface area contributed by atoms with Gasteiger partial charge in [-0.05, 0) is 31.8 Å². The molecule has 1 N–H and O–H groups in total. The van der Waals surface area contributed by atoms with E-state index in [2.05, 4.69) is 38.0 Å². The van der Waals surface area contributed by atoms with Gasteiger partial charge in [0.15, 0.2) is 0 Å². The van der Waals surface area contributed by atoms with Crippen LogP contribution in [-0.4, -0.2) is 37.6 Å². The minimum absolute atomic E-state index is 0.533. The highest BCUT2D eigenvalue weighted by Crippen LogP contribution is 2.35. The lowest BCUT2D eigenvalue weighted by Gasteiger charge is -2.37. The van der Waals surface area contributed by atoms with Crippen molar-refractivity contribution in [2.75, 3.05) is 26.7 Å². The summed E-state index contributed by atoms with van der Waals surface area (Å²) >= 11 is 0. The Balaban J connectivity index is 2.60. The maximum absolute atomic E-state index is 3.69. The molecule has 0 saturated heterocycles. The lowest BCUT2D eigenvalue weighted by atomic mass is 9.79. The fourth-order valence-electron chi connectivity index (χ4n) is 2.97. The highest BCUT2D eigenvalue weighted by Gasteiger charge is 2.31. The smallest absolute Gasteiger partial charge is 0.00470 e. The Hall–Kier alpha value is -0.0800. The van der Waals surface area contributed by atoms with Crippen molar-refractivity contribution in [1.29, 1.82) is 0 Å². The summed E-state index contributed by atoms with van der Waals surface area (Å²) in [6, 6.07) is 0.613. The second-order valence-corrected chi connectivity index (χ2v) is 6.28. The van der Waals surface area contributed by atoms with Crippen LogP contribution in [0.2, 0.25) is 0 Å². The largest absolute Gasteiger partial charge is 0.314 e. The Morgan fingerprint density at radius 1 is 1.12 bits per heavy atom. The van der Waals surface area contributed by atoms with E-state index in [1.807, 2.05) is 0 Å². The third kappa shape index (κ3) is 5.39. The molecule has 2 nitrogen and oxygen atoms in total. The molecule has 0 heterocycles. The zero-order valence-electron chi connectivity index (χ0n) is 12.4. The Labute approximate surface area is 108 Å². The highest BCUT2D eigenvalue weighted by molar-refractivity contribution is 4.86.